The van der Waals surface area contributed by atoms with Crippen LogP contribution in [0.15, 0.2) is 0 Å². The first kappa shape index (κ1) is 14.4. The first-order valence-electron chi connectivity index (χ1n) is 8.30. The largest absolute Gasteiger partial charge is 0.390 e. The molecule has 0 heterocycles. The van der Waals surface area contributed by atoms with E-state index in [9.17, 15) is 5.11 Å². The molecule has 1 nitrogen and oxygen atoms in total. The second-order valence-corrected chi connectivity index (χ2v) is 7.52. The summed E-state index contributed by atoms with van der Waals surface area (Å²) in [5, 5.41) is 10.9. The van der Waals surface area contributed by atoms with E-state index in [0.29, 0.717) is 0 Å². The van der Waals surface area contributed by atoms with Crippen molar-refractivity contribution in [3.8, 4) is 0 Å². The molecule has 0 spiro atoms. The average Bonchev–Trinajstić information content (AvgIpc) is 2.28. The second kappa shape index (κ2) is 6.41. The molecule has 2 atom stereocenters. The zero-order chi connectivity index (χ0) is 13.0. The van der Waals surface area contributed by atoms with Gasteiger partial charge in [0.2, 0.25) is 0 Å². The van der Waals surface area contributed by atoms with Crippen LogP contribution >= 0.6 is 0 Å². The summed E-state index contributed by atoms with van der Waals surface area (Å²) in [6.45, 7) is 4.63. The molecule has 0 aromatic rings. The van der Waals surface area contributed by atoms with Gasteiger partial charge in [0.25, 0.3) is 0 Å². The van der Waals surface area contributed by atoms with Crippen LogP contribution in [-0.2, 0) is 0 Å². The molecule has 2 aliphatic rings. The van der Waals surface area contributed by atoms with Crippen LogP contribution in [0, 0.1) is 17.8 Å². The van der Waals surface area contributed by atoms with E-state index in [4.69, 9.17) is 0 Å². The van der Waals surface area contributed by atoms with E-state index >= 15 is 0 Å². The van der Waals surface area contributed by atoms with Crippen molar-refractivity contribution in [1.82, 2.24) is 0 Å². The van der Waals surface area contributed by atoms with Gasteiger partial charge in [-0.25, -0.2) is 0 Å². The van der Waals surface area contributed by atoms with Gasteiger partial charge in [-0.3, -0.25) is 0 Å². The molecule has 106 valence electrons. The van der Waals surface area contributed by atoms with Crippen molar-refractivity contribution in [2.75, 3.05) is 0 Å². The van der Waals surface area contributed by atoms with Crippen LogP contribution in [0.4, 0.5) is 0 Å². The third-order valence-electron chi connectivity index (χ3n) is 5.12. The Morgan fingerprint density at radius 1 is 1.00 bits per heavy atom. The van der Waals surface area contributed by atoms with Crippen LogP contribution in [-0.4, -0.2) is 10.7 Å². The number of rotatable bonds is 4. The highest BCUT2D eigenvalue weighted by Crippen LogP contribution is 2.41. The molecule has 0 aliphatic heterocycles. The van der Waals surface area contributed by atoms with Gasteiger partial charge < -0.3 is 5.11 Å². The minimum Gasteiger partial charge on any atom is -0.390 e. The quantitative estimate of drug-likeness (QED) is 0.752. The van der Waals surface area contributed by atoms with Gasteiger partial charge in [0, 0.05) is 0 Å². The number of aliphatic hydroxyl groups is 1. The molecule has 1 N–H and O–H groups in total. The first-order chi connectivity index (χ1) is 8.57. The maximum Gasteiger partial charge on any atom is 0.0653 e. The van der Waals surface area contributed by atoms with Gasteiger partial charge in [-0.05, 0) is 43.4 Å². The second-order valence-electron chi connectivity index (χ2n) is 7.52. The first-order valence-corrected chi connectivity index (χ1v) is 8.30. The monoisotopic (exact) mass is 252 g/mol. The standard InChI is InChI=1S/C17H32O/c1-14(2)11-16-9-6-10-17(18,13-16)12-15-7-4-3-5-8-15/h14-16,18H,3-13H2,1-2H3. The van der Waals surface area contributed by atoms with Crippen molar-refractivity contribution < 1.29 is 5.11 Å². The Hall–Kier alpha value is -0.0400. The maximum atomic E-state index is 10.9. The molecule has 1 heteroatoms. The molecule has 0 aromatic carbocycles. The molecule has 2 aliphatic carbocycles. The van der Waals surface area contributed by atoms with Crippen LogP contribution < -0.4 is 0 Å². The van der Waals surface area contributed by atoms with Crippen LogP contribution in [0.25, 0.3) is 0 Å². The van der Waals surface area contributed by atoms with Crippen LogP contribution in [0.1, 0.15) is 84.5 Å². The molecular weight excluding hydrogens is 220 g/mol. The van der Waals surface area contributed by atoms with E-state index in [1.54, 1.807) is 0 Å². The minimum absolute atomic E-state index is 0.306. The maximum absolute atomic E-state index is 10.9. The van der Waals surface area contributed by atoms with Gasteiger partial charge in [-0.15, -0.1) is 0 Å². The zero-order valence-electron chi connectivity index (χ0n) is 12.5. The van der Waals surface area contributed by atoms with Gasteiger partial charge in [0.05, 0.1) is 5.60 Å². The molecule has 2 saturated carbocycles. The average molecular weight is 252 g/mol. The number of hydrogen-bond acceptors (Lipinski definition) is 1. The Morgan fingerprint density at radius 2 is 1.67 bits per heavy atom. The third-order valence-corrected chi connectivity index (χ3v) is 5.12. The molecule has 0 bridgehead atoms. The van der Waals surface area contributed by atoms with Crippen LogP contribution in [0.3, 0.4) is 0 Å². The molecule has 2 rings (SSSR count). The lowest BCUT2D eigenvalue weighted by Crippen LogP contribution is -2.38. The summed E-state index contributed by atoms with van der Waals surface area (Å²) in [5.74, 6) is 2.39. The van der Waals surface area contributed by atoms with Crippen molar-refractivity contribution in [3.05, 3.63) is 0 Å². The summed E-state index contributed by atoms with van der Waals surface area (Å²) < 4.78 is 0. The SMILES string of the molecule is CC(C)CC1CCCC(O)(CC2CCCCC2)C1. The summed E-state index contributed by atoms with van der Waals surface area (Å²) in [6.07, 6.45) is 14.1. The highest BCUT2D eigenvalue weighted by molar-refractivity contribution is 4.89. The Bertz CT molecular complexity index is 242. The van der Waals surface area contributed by atoms with E-state index < -0.39 is 0 Å². The molecule has 0 radical (unpaired) electrons. The van der Waals surface area contributed by atoms with Gasteiger partial charge in [-0.2, -0.15) is 0 Å². The Labute approximate surface area is 113 Å². The molecule has 2 fully saturated rings. The van der Waals surface area contributed by atoms with Crippen molar-refractivity contribution in [1.29, 1.82) is 0 Å². The van der Waals surface area contributed by atoms with Gasteiger partial charge in [0.1, 0.15) is 0 Å². The van der Waals surface area contributed by atoms with Crippen molar-refractivity contribution in [2.45, 2.75) is 90.1 Å². The summed E-state index contributed by atoms with van der Waals surface area (Å²) in [6, 6.07) is 0. The lowest BCUT2D eigenvalue weighted by Gasteiger charge is -2.40. The fourth-order valence-corrected chi connectivity index (χ4v) is 4.44. The Balaban J connectivity index is 1.84. The van der Waals surface area contributed by atoms with Crippen LogP contribution in [0.5, 0.6) is 0 Å². The van der Waals surface area contributed by atoms with E-state index in [-0.39, 0.29) is 5.60 Å². The van der Waals surface area contributed by atoms with Gasteiger partial charge in [0.15, 0.2) is 0 Å². The predicted octanol–water partition coefficient (Wildman–Crippen LogP) is 4.92. The Morgan fingerprint density at radius 3 is 2.33 bits per heavy atom. The molecule has 0 saturated heterocycles. The fraction of sp³-hybridized carbons (Fsp3) is 1.00. The van der Waals surface area contributed by atoms with Crippen molar-refractivity contribution in [3.63, 3.8) is 0 Å². The van der Waals surface area contributed by atoms with Gasteiger partial charge in [-0.1, -0.05) is 58.8 Å². The third kappa shape index (κ3) is 4.26. The summed E-state index contributed by atoms with van der Waals surface area (Å²) in [7, 11) is 0. The molecular formula is C17H32O. The highest BCUT2D eigenvalue weighted by Gasteiger charge is 2.36. The Kier molecular flexibility index (Phi) is 5.12. The molecule has 0 amide bonds. The zero-order valence-corrected chi connectivity index (χ0v) is 12.5. The molecule has 18 heavy (non-hydrogen) atoms. The summed E-state index contributed by atoms with van der Waals surface area (Å²) in [4.78, 5) is 0. The molecule has 0 aromatic heterocycles. The van der Waals surface area contributed by atoms with Gasteiger partial charge >= 0.3 is 0 Å². The van der Waals surface area contributed by atoms with E-state index in [1.165, 1.54) is 51.4 Å². The molecule has 2 unspecified atom stereocenters. The summed E-state index contributed by atoms with van der Waals surface area (Å²) >= 11 is 0. The lowest BCUT2D eigenvalue weighted by atomic mass is 9.70. The summed E-state index contributed by atoms with van der Waals surface area (Å²) in [5.41, 5.74) is -0.306. The minimum atomic E-state index is -0.306. The van der Waals surface area contributed by atoms with E-state index in [0.717, 1.165) is 37.0 Å². The highest BCUT2D eigenvalue weighted by atomic mass is 16.3. The lowest BCUT2D eigenvalue weighted by molar-refractivity contribution is -0.0417. The normalized spacial score (nSPS) is 35.0. The number of hydrogen-bond donors (Lipinski definition) is 1. The van der Waals surface area contributed by atoms with E-state index in [2.05, 4.69) is 13.8 Å². The topological polar surface area (TPSA) is 20.2 Å². The predicted molar refractivity (Wildman–Crippen MR) is 77.6 cm³/mol. The van der Waals surface area contributed by atoms with Crippen LogP contribution in [0.2, 0.25) is 0 Å². The fourth-order valence-electron chi connectivity index (χ4n) is 4.44. The van der Waals surface area contributed by atoms with E-state index in [1.807, 2.05) is 0 Å². The van der Waals surface area contributed by atoms with Crippen molar-refractivity contribution in [2.24, 2.45) is 17.8 Å². The van der Waals surface area contributed by atoms with Crippen molar-refractivity contribution >= 4 is 0 Å². The smallest absolute Gasteiger partial charge is 0.0653 e.